The molecule has 2 N–H and O–H groups in total. The van der Waals surface area contributed by atoms with Crippen molar-refractivity contribution < 1.29 is 18.7 Å². The second-order valence-corrected chi connectivity index (χ2v) is 7.34. The highest BCUT2D eigenvalue weighted by molar-refractivity contribution is 5.88. The van der Waals surface area contributed by atoms with Gasteiger partial charge in [-0.3, -0.25) is 9.78 Å². The van der Waals surface area contributed by atoms with E-state index in [1.807, 2.05) is 13.0 Å². The van der Waals surface area contributed by atoms with Gasteiger partial charge in [0.15, 0.2) is 0 Å². The van der Waals surface area contributed by atoms with Gasteiger partial charge in [0.2, 0.25) is 5.91 Å². The van der Waals surface area contributed by atoms with Crippen LogP contribution in [-0.4, -0.2) is 41.0 Å². The van der Waals surface area contributed by atoms with Crippen molar-refractivity contribution in [3.63, 3.8) is 0 Å². The standard InChI is InChI=1S/C22H27FN4O3/c1-3-18-6-7-19(13-24-18)26-22(29)25-12-16-9-17(23)11-21(10-16)30-20-5-4-8-27(14-20)15(2)28/h6-7,9-11,13,20H,3-5,8,12,14H2,1-2H3,(H2,25,26,29). The number of hydrogen-bond donors (Lipinski definition) is 2. The molecule has 1 unspecified atom stereocenters. The fourth-order valence-corrected chi connectivity index (χ4v) is 3.37. The van der Waals surface area contributed by atoms with Crippen LogP contribution in [0.15, 0.2) is 36.5 Å². The van der Waals surface area contributed by atoms with Gasteiger partial charge in [0.1, 0.15) is 17.7 Å². The zero-order valence-electron chi connectivity index (χ0n) is 17.3. The molecular formula is C22H27FN4O3. The summed E-state index contributed by atoms with van der Waals surface area (Å²) in [6.45, 7) is 4.90. The molecule has 1 aliphatic heterocycles. The number of ether oxygens (including phenoxy) is 1. The number of nitrogens with one attached hydrogen (secondary N) is 2. The zero-order valence-corrected chi connectivity index (χ0v) is 17.3. The number of carbonyl (C=O) groups is 2. The largest absolute Gasteiger partial charge is 0.488 e. The van der Waals surface area contributed by atoms with Crippen LogP contribution in [0.4, 0.5) is 14.9 Å². The molecule has 1 aromatic carbocycles. The summed E-state index contributed by atoms with van der Waals surface area (Å²) in [6, 6.07) is 7.61. The topological polar surface area (TPSA) is 83.6 Å². The van der Waals surface area contributed by atoms with Gasteiger partial charge in [0.05, 0.1) is 18.4 Å². The third-order valence-corrected chi connectivity index (χ3v) is 4.96. The fraction of sp³-hybridized carbons (Fsp3) is 0.409. The van der Waals surface area contributed by atoms with E-state index in [2.05, 4.69) is 15.6 Å². The first kappa shape index (κ1) is 21.5. The number of piperidine rings is 1. The van der Waals surface area contributed by atoms with Gasteiger partial charge in [-0.2, -0.15) is 0 Å². The number of hydrogen-bond acceptors (Lipinski definition) is 4. The van der Waals surface area contributed by atoms with Crippen LogP contribution in [0.1, 0.15) is 37.9 Å². The summed E-state index contributed by atoms with van der Waals surface area (Å²) >= 11 is 0. The summed E-state index contributed by atoms with van der Waals surface area (Å²) in [7, 11) is 0. The Balaban J connectivity index is 1.55. The molecule has 2 aromatic rings. The first-order valence-electron chi connectivity index (χ1n) is 10.1. The number of nitrogens with zero attached hydrogens (tertiary/aromatic N) is 2. The molecule has 2 heterocycles. The number of aryl methyl sites for hydroxylation is 1. The normalized spacial score (nSPS) is 16.1. The van der Waals surface area contributed by atoms with E-state index in [4.69, 9.17) is 4.74 Å². The fourth-order valence-electron chi connectivity index (χ4n) is 3.37. The summed E-state index contributed by atoms with van der Waals surface area (Å²) in [5.74, 6) is -0.0387. The maximum absolute atomic E-state index is 14.0. The Hall–Kier alpha value is -3.16. The Kier molecular flexibility index (Phi) is 7.21. The molecule has 3 rings (SSSR count). The molecule has 0 spiro atoms. The van der Waals surface area contributed by atoms with Crippen LogP contribution in [0.25, 0.3) is 0 Å². The Bertz CT molecular complexity index is 888. The third kappa shape index (κ3) is 6.17. The number of carbonyl (C=O) groups excluding carboxylic acids is 2. The monoisotopic (exact) mass is 414 g/mol. The molecule has 0 aliphatic carbocycles. The zero-order chi connectivity index (χ0) is 21.5. The second-order valence-electron chi connectivity index (χ2n) is 7.34. The van der Waals surface area contributed by atoms with Crippen LogP contribution in [0.2, 0.25) is 0 Å². The van der Waals surface area contributed by atoms with Crippen LogP contribution in [0.5, 0.6) is 5.75 Å². The highest BCUT2D eigenvalue weighted by Crippen LogP contribution is 2.21. The van der Waals surface area contributed by atoms with E-state index < -0.39 is 11.8 Å². The molecule has 1 aromatic heterocycles. The number of urea groups is 1. The van der Waals surface area contributed by atoms with E-state index >= 15 is 0 Å². The minimum absolute atomic E-state index is 0.0120. The van der Waals surface area contributed by atoms with Crippen molar-refractivity contribution >= 4 is 17.6 Å². The Labute approximate surface area is 175 Å². The first-order valence-corrected chi connectivity index (χ1v) is 10.1. The van der Waals surface area contributed by atoms with E-state index in [1.54, 1.807) is 23.2 Å². The lowest BCUT2D eigenvalue weighted by molar-refractivity contribution is -0.131. The van der Waals surface area contributed by atoms with Crippen molar-refractivity contribution in [2.24, 2.45) is 0 Å². The van der Waals surface area contributed by atoms with Gasteiger partial charge < -0.3 is 20.3 Å². The number of benzene rings is 1. The van der Waals surface area contributed by atoms with Crippen LogP contribution in [0, 0.1) is 5.82 Å². The number of pyridine rings is 1. The summed E-state index contributed by atoms with van der Waals surface area (Å²) < 4.78 is 20.0. The number of halogens is 1. The summed E-state index contributed by atoms with van der Waals surface area (Å²) in [5.41, 5.74) is 2.11. The van der Waals surface area contributed by atoms with Crippen molar-refractivity contribution in [2.45, 2.75) is 45.8 Å². The van der Waals surface area contributed by atoms with Gasteiger partial charge in [-0.1, -0.05) is 6.92 Å². The van der Waals surface area contributed by atoms with Crippen LogP contribution >= 0.6 is 0 Å². The maximum Gasteiger partial charge on any atom is 0.319 e. The lowest BCUT2D eigenvalue weighted by Gasteiger charge is -2.32. The van der Waals surface area contributed by atoms with E-state index in [-0.39, 0.29) is 18.6 Å². The smallest absolute Gasteiger partial charge is 0.319 e. The predicted molar refractivity (Wildman–Crippen MR) is 112 cm³/mol. The van der Waals surface area contributed by atoms with Gasteiger partial charge in [0.25, 0.3) is 0 Å². The molecule has 0 radical (unpaired) electrons. The minimum atomic E-state index is -0.441. The van der Waals surface area contributed by atoms with Gasteiger partial charge >= 0.3 is 6.03 Å². The van der Waals surface area contributed by atoms with Crippen molar-refractivity contribution in [2.75, 3.05) is 18.4 Å². The van der Waals surface area contributed by atoms with Crippen LogP contribution < -0.4 is 15.4 Å². The molecule has 30 heavy (non-hydrogen) atoms. The van der Waals surface area contributed by atoms with Crippen molar-refractivity contribution in [3.05, 3.63) is 53.6 Å². The van der Waals surface area contributed by atoms with Crippen molar-refractivity contribution in [3.8, 4) is 5.75 Å². The van der Waals surface area contributed by atoms with Crippen molar-refractivity contribution in [1.29, 1.82) is 0 Å². The summed E-state index contributed by atoms with van der Waals surface area (Å²) in [6.07, 6.45) is 3.90. The van der Waals surface area contributed by atoms with E-state index in [0.29, 0.717) is 23.5 Å². The minimum Gasteiger partial charge on any atom is -0.488 e. The average Bonchev–Trinajstić information content (AvgIpc) is 2.72. The molecule has 160 valence electrons. The van der Waals surface area contributed by atoms with Gasteiger partial charge in [-0.05, 0) is 49.1 Å². The SMILES string of the molecule is CCc1ccc(NC(=O)NCc2cc(F)cc(OC3CCCN(C(C)=O)C3)c2)cn1. The molecule has 1 aliphatic rings. The van der Waals surface area contributed by atoms with Crippen LogP contribution in [-0.2, 0) is 17.8 Å². The first-order chi connectivity index (χ1) is 14.4. The molecule has 3 amide bonds. The predicted octanol–water partition coefficient (Wildman–Crippen LogP) is 3.49. The lowest BCUT2D eigenvalue weighted by Crippen LogP contribution is -2.43. The number of anilines is 1. The molecule has 8 heteroatoms. The molecule has 1 saturated heterocycles. The van der Waals surface area contributed by atoms with Gasteiger partial charge in [-0.25, -0.2) is 9.18 Å². The van der Waals surface area contributed by atoms with E-state index in [0.717, 1.165) is 31.5 Å². The number of likely N-dealkylation sites (tertiary alicyclic amines) is 1. The Morgan fingerprint density at radius 2 is 2.13 bits per heavy atom. The number of amides is 3. The third-order valence-electron chi connectivity index (χ3n) is 4.96. The van der Waals surface area contributed by atoms with Gasteiger partial charge in [-0.15, -0.1) is 0 Å². The second kappa shape index (κ2) is 10.0. The highest BCUT2D eigenvalue weighted by Gasteiger charge is 2.23. The molecule has 0 bridgehead atoms. The Morgan fingerprint density at radius 3 is 2.83 bits per heavy atom. The summed E-state index contributed by atoms with van der Waals surface area (Å²) in [5, 5.41) is 5.40. The number of rotatable bonds is 6. The van der Waals surface area contributed by atoms with Crippen molar-refractivity contribution in [1.82, 2.24) is 15.2 Å². The summed E-state index contributed by atoms with van der Waals surface area (Å²) in [4.78, 5) is 29.7. The lowest BCUT2D eigenvalue weighted by atomic mass is 10.1. The molecule has 1 atom stereocenters. The number of aromatic nitrogens is 1. The van der Waals surface area contributed by atoms with Gasteiger partial charge in [0, 0.05) is 31.8 Å². The average molecular weight is 414 g/mol. The molecule has 1 fully saturated rings. The molecular weight excluding hydrogens is 387 g/mol. The Morgan fingerprint density at radius 1 is 1.30 bits per heavy atom. The highest BCUT2D eigenvalue weighted by atomic mass is 19.1. The van der Waals surface area contributed by atoms with Crippen LogP contribution in [0.3, 0.4) is 0 Å². The quantitative estimate of drug-likeness (QED) is 0.758. The van der Waals surface area contributed by atoms with E-state index in [1.165, 1.54) is 19.1 Å². The molecule has 7 nitrogen and oxygen atoms in total. The maximum atomic E-state index is 14.0. The van der Waals surface area contributed by atoms with E-state index in [9.17, 15) is 14.0 Å². The molecule has 0 saturated carbocycles.